The van der Waals surface area contributed by atoms with Crippen molar-refractivity contribution >= 4 is 164 Å². The summed E-state index contributed by atoms with van der Waals surface area (Å²) in [6, 6.07) is 0. The molecular weight excluding hydrogens is 596 g/mol. The Labute approximate surface area is 299 Å². The average molecular weight is 623 g/mol. The average Bonchev–Trinajstić information content (AvgIpc) is 2.84. The highest BCUT2D eigenvalue weighted by molar-refractivity contribution is 8.18. The lowest BCUT2D eigenvalue weighted by Gasteiger charge is -2.41. The van der Waals surface area contributed by atoms with Crippen molar-refractivity contribution in [2.75, 3.05) is 11.2 Å². The smallest absolute Gasteiger partial charge is 0.427 e. The number of ether oxygens (including phenoxy) is 2. The van der Waals surface area contributed by atoms with Gasteiger partial charge in [0.2, 0.25) is 5.95 Å². The minimum atomic E-state index is -3.68. The fourth-order valence-electron chi connectivity index (χ4n) is 4.27. The number of aromatic nitrogens is 2. The molecular formula is C17H27B19N3O7S. The number of nitrogens with zero attached hydrogens (tertiary/aromatic N) is 3. The SMILES string of the molecule is CC(OS(C)(=O)=O)c1cnc(N(C(=O)OC(C)(C)C)C(=O)OC(C)(C)C)nc1.[B][B]B([B])B(B(B([B])[B])B([B])[B])B(B([B])[B])B([B])[B]. The third kappa shape index (κ3) is 17.0. The fourth-order valence-corrected chi connectivity index (χ4v) is 4.90. The summed E-state index contributed by atoms with van der Waals surface area (Å²) in [6.07, 6.45) is -5.16. The van der Waals surface area contributed by atoms with E-state index >= 15 is 0 Å². The van der Waals surface area contributed by atoms with E-state index in [1.54, 1.807) is 41.5 Å². The third-order valence-corrected chi connectivity index (χ3v) is 6.77. The molecule has 0 saturated heterocycles. The molecule has 0 aliphatic carbocycles. The molecule has 1 rings (SSSR count). The van der Waals surface area contributed by atoms with E-state index in [4.69, 9.17) is 91.0 Å². The molecule has 0 spiro atoms. The maximum Gasteiger partial charge on any atom is 0.427 e. The molecule has 0 saturated carbocycles. The summed E-state index contributed by atoms with van der Waals surface area (Å²) in [5.74, 6) is -0.279. The topological polar surface area (TPSA) is 125 Å². The number of imide groups is 1. The Morgan fingerprint density at radius 1 is 0.766 bits per heavy atom. The third-order valence-electron chi connectivity index (χ3n) is 6.13. The molecule has 215 valence electrons. The zero-order valence-electron chi connectivity index (χ0n) is 28.3. The number of hydrogen-bond acceptors (Lipinski definition) is 9. The maximum absolute atomic E-state index is 12.5. The Kier molecular flexibility index (Phi) is 19.0. The van der Waals surface area contributed by atoms with Gasteiger partial charge in [-0.1, -0.05) is 0 Å². The summed E-state index contributed by atoms with van der Waals surface area (Å²) < 4.78 is 37.8. The second kappa shape index (κ2) is 19.4. The molecule has 0 aromatic carbocycles. The first kappa shape index (κ1) is 46.0. The molecule has 1 unspecified atom stereocenters. The van der Waals surface area contributed by atoms with Gasteiger partial charge in [0, 0.05) is 153 Å². The summed E-state index contributed by atoms with van der Waals surface area (Å²) in [5, 5.41) is 0. The highest BCUT2D eigenvalue weighted by atomic mass is 32.2. The number of carbonyl (C=O) groups excluding carboxylic acids is 2. The molecule has 1 aromatic rings. The molecule has 30 heteroatoms. The molecule has 47 heavy (non-hydrogen) atoms. The van der Waals surface area contributed by atoms with Crippen molar-refractivity contribution in [3.05, 3.63) is 18.0 Å². The predicted octanol–water partition coefficient (Wildman–Crippen LogP) is -4.04. The Bertz CT molecular complexity index is 1170. The number of rotatable bonds is 12. The van der Waals surface area contributed by atoms with E-state index in [0.29, 0.717) is 10.5 Å². The molecule has 0 bridgehead atoms. The van der Waals surface area contributed by atoms with Crippen molar-refractivity contribution in [3.8, 4) is 0 Å². The van der Waals surface area contributed by atoms with Gasteiger partial charge in [0.15, 0.2) is 0 Å². The van der Waals surface area contributed by atoms with Crippen LogP contribution in [0.25, 0.3) is 0 Å². The standard InChI is InChI=1S/C17H27N3O7S.B19/c1-11(27-28(8,23)24)12-9-18-13(19-10-12)20(14(21)25-16(2,3)4)15(22)26-17(5,6)7;1-11-16(10)19(17(12(2)3)13(4)5)18(14(6)7)15(8)9/h9-11H,1-8H3;. The molecule has 1 aromatic heterocycles. The fraction of sp³-hybridized carbons (Fsp3) is 0.647. The van der Waals surface area contributed by atoms with Crippen molar-refractivity contribution in [3.63, 3.8) is 0 Å². The minimum absolute atomic E-state index is 0.279. The van der Waals surface area contributed by atoms with Crippen molar-refractivity contribution in [2.24, 2.45) is 0 Å². The van der Waals surface area contributed by atoms with Crippen molar-refractivity contribution in [1.82, 2.24) is 9.97 Å². The zero-order chi connectivity index (χ0) is 37.2. The largest absolute Gasteiger partial charge is 0.443 e. The lowest BCUT2D eigenvalue weighted by Crippen LogP contribution is -2.79. The lowest BCUT2D eigenvalue weighted by molar-refractivity contribution is 0.0427. The van der Waals surface area contributed by atoms with Crippen LogP contribution in [0.2, 0.25) is 0 Å². The molecule has 21 radical (unpaired) electrons. The van der Waals surface area contributed by atoms with Crippen molar-refractivity contribution in [2.45, 2.75) is 65.8 Å². The van der Waals surface area contributed by atoms with Crippen LogP contribution in [-0.4, -0.2) is 184 Å². The van der Waals surface area contributed by atoms with Gasteiger partial charge in [-0.15, -0.1) is 4.90 Å². The Morgan fingerprint density at radius 2 is 1.11 bits per heavy atom. The van der Waals surface area contributed by atoms with Gasteiger partial charge in [0.1, 0.15) is 17.3 Å². The van der Waals surface area contributed by atoms with E-state index < -0.39 is 90.7 Å². The maximum atomic E-state index is 12.5. The van der Waals surface area contributed by atoms with Gasteiger partial charge in [0.05, 0.1) is 6.26 Å². The van der Waals surface area contributed by atoms with E-state index in [1.165, 1.54) is 26.4 Å². The van der Waals surface area contributed by atoms with Crippen LogP contribution in [0.15, 0.2) is 12.4 Å². The van der Waals surface area contributed by atoms with Crippen LogP contribution in [-0.2, 0) is 23.8 Å². The first-order valence-electron chi connectivity index (χ1n) is 14.4. The van der Waals surface area contributed by atoms with Crippen LogP contribution in [0.3, 0.4) is 0 Å². The summed E-state index contributed by atoms with van der Waals surface area (Å²) in [7, 11) is 54.7. The highest BCUT2D eigenvalue weighted by Gasteiger charge is 2.43. The van der Waals surface area contributed by atoms with E-state index in [1.807, 2.05) is 0 Å². The van der Waals surface area contributed by atoms with Gasteiger partial charge in [0.25, 0.3) is 10.1 Å². The van der Waals surface area contributed by atoms with Crippen molar-refractivity contribution < 1.29 is 31.7 Å². The number of anilines is 1. The van der Waals surface area contributed by atoms with Crippen molar-refractivity contribution in [1.29, 1.82) is 0 Å². The number of hydrogen-bond donors (Lipinski definition) is 0. The van der Waals surface area contributed by atoms with Gasteiger partial charge < -0.3 is 9.47 Å². The molecule has 0 aliphatic heterocycles. The molecule has 0 N–H and O–H groups in total. The van der Waals surface area contributed by atoms with E-state index in [0.717, 1.165) is 6.26 Å². The van der Waals surface area contributed by atoms with Gasteiger partial charge in [-0.2, -0.15) is 8.42 Å². The zero-order valence-corrected chi connectivity index (χ0v) is 29.1. The van der Waals surface area contributed by atoms with E-state index in [9.17, 15) is 18.0 Å². The van der Waals surface area contributed by atoms with Gasteiger partial charge >= 0.3 is 12.2 Å². The molecule has 0 aliphatic rings. The van der Waals surface area contributed by atoms with E-state index in [-0.39, 0.29) is 5.95 Å². The van der Waals surface area contributed by atoms with Gasteiger partial charge in [-0.3, -0.25) is 4.18 Å². The molecule has 2 amide bonds. The molecule has 1 atom stereocenters. The van der Waals surface area contributed by atoms with Crippen LogP contribution in [0.1, 0.15) is 60.1 Å². The second-order valence-corrected chi connectivity index (χ2v) is 14.5. The summed E-state index contributed by atoms with van der Waals surface area (Å²) >= 11 is 0. The quantitative estimate of drug-likeness (QED) is 0.169. The number of carbonyl (C=O) groups is 2. The monoisotopic (exact) mass is 626 g/mol. The van der Waals surface area contributed by atoms with Crippen LogP contribution in [0.4, 0.5) is 15.5 Å². The van der Waals surface area contributed by atoms with E-state index in [2.05, 4.69) is 9.97 Å². The Hall–Kier alpha value is -1.04. The highest BCUT2D eigenvalue weighted by Crippen LogP contribution is 2.21. The normalized spacial score (nSPS) is 11.7. The van der Waals surface area contributed by atoms with Crippen LogP contribution in [0.5, 0.6) is 0 Å². The van der Waals surface area contributed by atoms with Crippen LogP contribution in [0, 0.1) is 0 Å². The first-order valence-corrected chi connectivity index (χ1v) is 16.3. The second-order valence-electron chi connectivity index (χ2n) is 12.9. The summed E-state index contributed by atoms with van der Waals surface area (Å²) in [6.45, 7) is 11.4. The minimum Gasteiger partial charge on any atom is -0.443 e. The lowest BCUT2D eigenvalue weighted by atomic mass is 8.40. The summed E-state index contributed by atoms with van der Waals surface area (Å²) in [4.78, 5) is 33.5. The van der Waals surface area contributed by atoms with Gasteiger partial charge in [-0.25, -0.2) is 19.6 Å². The van der Waals surface area contributed by atoms with Crippen LogP contribution >= 0.6 is 0 Å². The number of amides is 2. The predicted molar refractivity (Wildman–Crippen MR) is 211 cm³/mol. The molecule has 1 heterocycles. The molecule has 0 fully saturated rings. The first-order chi connectivity index (χ1) is 21.1. The van der Waals surface area contributed by atoms with Gasteiger partial charge in [-0.05, 0) is 48.5 Å². The van der Waals surface area contributed by atoms with Crippen LogP contribution < -0.4 is 4.90 Å². The Balaban J connectivity index is 0.000000974. The Morgan fingerprint density at radius 3 is 1.36 bits per heavy atom. The summed E-state index contributed by atoms with van der Waals surface area (Å²) in [5.41, 5.74) is -1.40. The molecule has 10 nitrogen and oxygen atoms in total.